The molecule has 0 saturated carbocycles. The molecule has 0 bridgehead atoms. The minimum absolute atomic E-state index is 0.00676. The zero-order valence-electron chi connectivity index (χ0n) is 21.7. The van der Waals surface area contributed by atoms with Gasteiger partial charge < -0.3 is 4.98 Å². The van der Waals surface area contributed by atoms with Gasteiger partial charge in [0.25, 0.3) is 5.56 Å². The predicted octanol–water partition coefficient (Wildman–Crippen LogP) is 6.47. The number of allylic oxidation sites excluding steroid dienone is 1. The largest absolute Gasteiger partial charge is 0.354 e. The fourth-order valence-corrected chi connectivity index (χ4v) is 7.22. The Hall–Kier alpha value is -4.74. The molecule has 2 aromatic heterocycles. The minimum atomic E-state index is -0.167. The van der Waals surface area contributed by atoms with Crippen molar-refractivity contribution in [2.75, 3.05) is 0 Å². The zero-order chi connectivity index (χ0) is 26.6. The van der Waals surface area contributed by atoms with Gasteiger partial charge >= 0.3 is 0 Å². The van der Waals surface area contributed by atoms with Crippen LogP contribution in [0.3, 0.4) is 0 Å². The molecule has 0 radical (unpaired) electrons. The van der Waals surface area contributed by atoms with Crippen LogP contribution < -0.4 is 14.9 Å². The number of nitrogens with zero attached hydrogens (tertiary/aromatic N) is 2. The standard InChI is InChI=1S/C35H25N3OS/c39-34-30(21-28-26-17-9-10-18-29(26)36-31(28)23-12-3-1-4-13-23)40-35-37-32-25-16-8-7-11-22(25)19-20-27(32)33(38(34)35)24-14-5-2-6-15-24/h1-18,21,33,36H,19-20H2/b30-21+/t33-/m1/s1. The first-order valence-electron chi connectivity index (χ1n) is 13.6. The topological polar surface area (TPSA) is 50.1 Å². The highest BCUT2D eigenvalue weighted by Crippen LogP contribution is 2.41. The van der Waals surface area contributed by atoms with Crippen LogP contribution in [0, 0.1) is 0 Å². The summed E-state index contributed by atoms with van der Waals surface area (Å²) in [5.74, 6) is 0. The van der Waals surface area contributed by atoms with Gasteiger partial charge in [-0.15, -0.1) is 0 Å². The van der Waals surface area contributed by atoms with E-state index in [1.54, 1.807) is 0 Å². The van der Waals surface area contributed by atoms with Crippen molar-refractivity contribution in [1.82, 2.24) is 9.55 Å². The molecule has 5 heteroatoms. The average molecular weight is 536 g/mol. The summed E-state index contributed by atoms with van der Waals surface area (Å²) in [6.45, 7) is 0. The molecule has 1 N–H and O–H groups in total. The highest BCUT2D eigenvalue weighted by atomic mass is 32.1. The Morgan fingerprint density at radius 1 is 0.825 bits per heavy atom. The number of aromatic nitrogens is 2. The van der Waals surface area contributed by atoms with Crippen LogP contribution in [0.4, 0.5) is 0 Å². The predicted molar refractivity (Wildman–Crippen MR) is 163 cm³/mol. The van der Waals surface area contributed by atoms with E-state index in [0.717, 1.165) is 56.6 Å². The summed E-state index contributed by atoms with van der Waals surface area (Å²) in [5.41, 5.74) is 10.1. The van der Waals surface area contributed by atoms with Crippen LogP contribution in [0.2, 0.25) is 0 Å². The molecule has 0 unspecified atom stereocenters. The molecule has 0 spiro atoms. The zero-order valence-corrected chi connectivity index (χ0v) is 22.5. The minimum Gasteiger partial charge on any atom is -0.354 e. The summed E-state index contributed by atoms with van der Waals surface area (Å²) < 4.78 is 2.62. The van der Waals surface area contributed by atoms with Gasteiger partial charge in [0.1, 0.15) is 0 Å². The molecule has 6 aromatic rings. The maximum atomic E-state index is 14.3. The van der Waals surface area contributed by atoms with Crippen LogP contribution in [-0.2, 0) is 6.42 Å². The van der Waals surface area contributed by atoms with E-state index < -0.39 is 0 Å². The lowest BCUT2D eigenvalue weighted by molar-refractivity contribution is 0.585. The molecule has 1 aliphatic carbocycles. The first-order valence-corrected chi connectivity index (χ1v) is 14.4. The van der Waals surface area contributed by atoms with E-state index in [1.807, 2.05) is 41.0 Å². The van der Waals surface area contributed by atoms with Gasteiger partial charge in [-0.2, -0.15) is 0 Å². The van der Waals surface area contributed by atoms with Gasteiger partial charge in [0.15, 0.2) is 4.80 Å². The number of thiazole rings is 1. The van der Waals surface area contributed by atoms with Crippen LogP contribution in [-0.4, -0.2) is 9.55 Å². The Morgan fingerprint density at radius 2 is 1.55 bits per heavy atom. The summed E-state index contributed by atoms with van der Waals surface area (Å²) in [4.78, 5) is 23.8. The average Bonchev–Trinajstić information content (AvgIpc) is 3.54. The van der Waals surface area contributed by atoms with E-state index in [2.05, 4.69) is 83.9 Å². The van der Waals surface area contributed by atoms with Gasteiger partial charge in [-0.3, -0.25) is 9.36 Å². The van der Waals surface area contributed by atoms with Crippen molar-refractivity contribution in [3.63, 3.8) is 0 Å². The molecule has 0 saturated heterocycles. The second-order valence-electron chi connectivity index (χ2n) is 10.3. The van der Waals surface area contributed by atoms with E-state index in [9.17, 15) is 4.79 Å². The van der Waals surface area contributed by atoms with E-state index in [1.165, 1.54) is 28.0 Å². The number of rotatable bonds is 3. The molecular formula is C35H25N3OS. The first-order chi connectivity index (χ1) is 19.8. The number of aryl methyl sites for hydroxylation is 1. The fraction of sp³-hybridized carbons (Fsp3) is 0.0857. The number of nitrogens with one attached hydrogen (secondary N) is 1. The third kappa shape index (κ3) is 3.59. The lowest BCUT2D eigenvalue weighted by atomic mass is 9.83. The van der Waals surface area contributed by atoms with Crippen molar-refractivity contribution in [2.24, 2.45) is 4.99 Å². The Morgan fingerprint density at radius 3 is 2.40 bits per heavy atom. The summed E-state index contributed by atoms with van der Waals surface area (Å²) in [6.07, 6.45) is 3.90. The molecular weight excluding hydrogens is 510 g/mol. The first kappa shape index (κ1) is 23.2. The van der Waals surface area contributed by atoms with E-state index in [0.29, 0.717) is 4.53 Å². The monoisotopic (exact) mass is 535 g/mol. The van der Waals surface area contributed by atoms with Gasteiger partial charge in [0.2, 0.25) is 0 Å². The van der Waals surface area contributed by atoms with Gasteiger partial charge in [-0.05, 0) is 47.2 Å². The van der Waals surface area contributed by atoms with Crippen LogP contribution in [0.1, 0.15) is 34.7 Å². The van der Waals surface area contributed by atoms with Crippen molar-refractivity contribution in [3.05, 3.63) is 157 Å². The highest BCUT2D eigenvalue weighted by Gasteiger charge is 2.32. The normalized spacial score (nSPS) is 16.4. The maximum absolute atomic E-state index is 14.3. The van der Waals surface area contributed by atoms with Crippen LogP contribution in [0.15, 0.2) is 125 Å². The highest BCUT2D eigenvalue weighted by molar-refractivity contribution is 7.07. The van der Waals surface area contributed by atoms with Crippen molar-refractivity contribution >= 4 is 34.0 Å². The number of benzene rings is 4. The van der Waals surface area contributed by atoms with E-state index in [-0.39, 0.29) is 11.6 Å². The SMILES string of the molecule is O=c1/c(=C\c2c(-c3ccccc3)[nH]c3ccccc23)sc2n1[C@H](c1ccccc1)C1=C(N=2)c2ccccc2CC1. The van der Waals surface area contributed by atoms with Gasteiger partial charge in [-0.25, -0.2) is 4.99 Å². The summed E-state index contributed by atoms with van der Waals surface area (Å²) >= 11 is 1.48. The number of H-pyrrole nitrogens is 1. The van der Waals surface area contributed by atoms with Gasteiger partial charge in [0, 0.05) is 22.0 Å². The quantitative estimate of drug-likeness (QED) is 0.278. The van der Waals surface area contributed by atoms with Crippen LogP contribution >= 0.6 is 11.3 Å². The van der Waals surface area contributed by atoms with Crippen molar-refractivity contribution in [3.8, 4) is 11.3 Å². The lowest BCUT2D eigenvalue weighted by Crippen LogP contribution is -2.38. The van der Waals surface area contributed by atoms with Crippen molar-refractivity contribution < 1.29 is 0 Å². The fourth-order valence-electron chi connectivity index (χ4n) is 6.23. The maximum Gasteiger partial charge on any atom is 0.271 e. The van der Waals surface area contributed by atoms with Crippen molar-refractivity contribution in [1.29, 1.82) is 0 Å². The Labute approximate surface area is 234 Å². The number of hydrogen-bond acceptors (Lipinski definition) is 3. The van der Waals surface area contributed by atoms with Gasteiger partial charge in [-0.1, -0.05) is 114 Å². The summed E-state index contributed by atoms with van der Waals surface area (Å²) in [6, 6.07) is 37.4. The van der Waals surface area contributed by atoms with E-state index in [4.69, 9.17) is 4.99 Å². The molecule has 0 amide bonds. The molecule has 192 valence electrons. The second-order valence-corrected chi connectivity index (χ2v) is 11.4. The van der Waals surface area contributed by atoms with Crippen LogP contribution in [0.5, 0.6) is 0 Å². The van der Waals surface area contributed by atoms with Crippen molar-refractivity contribution in [2.45, 2.75) is 18.9 Å². The Balaban J connectivity index is 1.40. The molecule has 40 heavy (non-hydrogen) atoms. The lowest BCUT2D eigenvalue weighted by Gasteiger charge is -2.30. The molecule has 1 atom stereocenters. The Kier molecular flexibility index (Phi) is 5.32. The summed E-state index contributed by atoms with van der Waals surface area (Å²) in [5, 5.41) is 1.10. The smallest absolute Gasteiger partial charge is 0.271 e. The van der Waals surface area contributed by atoms with Crippen LogP contribution in [0.25, 0.3) is 33.9 Å². The molecule has 8 rings (SSSR count). The third-order valence-corrected chi connectivity index (χ3v) is 9.06. The summed E-state index contributed by atoms with van der Waals surface area (Å²) in [7, 11) is 0. The molecule has 1 aliphatic heterocycles. The van der Waals surface area contributed by atoms with Gasteiger partial charge in [0.05, 0.1) is 22.0 Å². The molecule has 4 aromatic carbocycles. The molecule has 2 aliphatic rings. The number of para-hydroxylation sites is 1. The number of fused-ring (bicyclic) bond motifs is 4. The number of hydrogen-bond donors (Lipinski definition) is 1. The molecule has 3 heterocycles. The Bertz CT molecular complexity index is 2130. The molecule has 4 nitrogen and oxygen atoms in total. The van der Waals surface area contributed by atoms with E-state index >= 15 is 0 Å². The molecule has 0 fully saturated rings. The number of aromatic amines is 1. The second kappa shape index (κ2) is 9.18. The third-order valence-electron chi connectivity index (χ3n) is 8.07.